The van der Waals surface area contributed by atoms with E-state index < -0.39 is 0 Å². The fourth-order valence-corrected chi connectivity index (χ4v) is 2.97. The molecule has 0 radical (unpaired) electrons. The highest BCUT2D eigenvalue weighted by Gasteiger charge is 2.06. The smallest absolute Gasteiger partial charge is 0.0947 e. The summed E-state index contributed by atoms with van der Waals surface area (Å²) in [4.78, 5) is 5.11. The van der Waals surface area contributed by atoms with Crippen molar-refractivity contribution in [2.24, 2.45) is 0 Å². The van der Waals surface area contributed by atoms with Crippen LogP contribution in [0.4, 0.5) is 0 Å². The van der Waals surface area contributed by atoms with Gasteiger partial charge in [0.05, 0.1) is 12.5 Å². The van der Waals surface area contributed by atoms with Crippen molar-refractivity contribution >= 4 is 11.3 Å². The van der Waals surface area contributed by atoms with E-state index in [1.165, 1.54) is 15.3 Å². The molecule has 2 aromatic rings. The summed E-state index contributed by atoms with van der Waals surface area (Å²) < 4.78 is 5.09. The molecule has 0 aromatic carbocycles. The maximum absolute atomic E-state index is 5.09. The van der Waals surface area contributed by atoms with Crippen LogP contribution in [0.5, 0.6) is 0 Å². The first kappa shape index (κ1) is 14.3. The van der Waals surface area contributed by atoms with Crippen LogP contribution in [0.2, 0.25) is 0 Å². The zero-order valence-corrected chi connectivity index (χ0v) is 12.7. The summed E-state index contributed by atoms with van der Waals surface area (Å²) >= 11 is 1.89. The highest BCUT2D eigenvalue weighted by atomic mass is 32.1. The Balaban J connectivity index is 1.82. The summed E-state index contributed by atoms with van der Waals surface area (Å²) in [5.41, 5.74) is 1.22. The van der Waals surface area contributed by atoms with Gasteiger partial charge in [-0.05, 0) is 25.2 Å². The number of hydrogen-bond acceptors (Lipinski definition) is 4. The topological polar surface area (TPSA) is 28.4 Å². The van der Waals surface area contributed by atoms with Crippen molar-refractivity contribution in [2.45, 2.75) is 39.5 Å². The monoisotopic (exact) mass is 278 g/mol. The van der Waals surface area contributed by atoms with Gasteiger partial charge in [-0.15, -0.1) is 11.3 Å². The van der Waals surface area contributed by atoms with E-state index in [0.717, 1.165) is 19.6 Å². The highest BCUT2D eigenvalue weighted by molar-refractivity contribution is 7.11. The summed E-state index contributed by atoms with van der Waals surface area (Å²) in [5, 5.41) is 3.45. The third-order valence-electron chi connectivity index (χ3n) is 2.86. The molecule has 0 saturated heterocycles. The van der Waals surface area contributed by atoms with Gasteiger partial charge in [-0.3, -0.25) is 4.90 Å². The molecule has 104 valence electrons. The van der Waals surface area contributed by atoms with Crippen molar-refractivity contribution < 1.29 is 4.42 Å². The summed E-state index contributed by atoms with van der Waals surface area (Å²) in [6, 6.07) is 7.01. The number of thiophene rings is 1. The molecule has 2 rings (SSSR count). The lowest BCUT2D eigenvalue weighted by molar-refractivity contribution is 0.320. The van der Waals surface area contributed by atoms with E-state index in [1.807, 2.05) is 23.7 Å². The van der Waals surface area contributed by atoms with Crippen LogP contribution in [0.1, 0.15) is 29.2 Å². The Morgan fingerprint density at radius 1 is 1.21 bits per heavy atom. The second-order valence-electron chi connectivity index (χ2n) is 5.21. The zero-order chi connectivity index (χ0) is 13.7. The second kappa shape index (κ2) is 6.89. The van der Waals surface area contributed by atoms with E-state index in [-0.39, 0.29) is 0 Å². The minimum Gasteiger partial charge on any atom is -0.472 e. The van der Waals surface area contributed by atoms with Gasteiger partial charge >= 0.3 is 0 Å². The average Bonchev–Trinajstić information content (AvgIpc) is 2.98. The Hall–Kier alpha value is -1.10. The lowest BCUT2D eigenvalue weighted by atomic mass is 10.3. The first-order valence-electron chi connectivity index (χ1n) is 6.64. The molecule has 0 atom stereocenters. The first-order valence-corrected chi connectivity index (χ1v) is 7.45. The summed E-state index contributed by atoms with van der Waals surface area (Å²) in [6.45, 7) is 7.22. The van der Waals surface area contributed by atoms with Crippen LogP contribution >= 0.6 is 11.3 Å². The Kier molecular flexibility index (Phi) is 5.19. The molecule has 0 unspecified atom stereocenters. The number of hydrogen-bond donors (Lipinski definition) is 1. The van der Waals surface area contributed by atoms with Gasteiger partial charge in [0.2, 0.25) is 0 Å². The van der Waals surface area contributed by atoms with Gasteiger partial charge in [0.1, 0.15) is 0 Å². The lowest BCUT2D eigenvalue weighted by Crippen LogP contribution is -2.21. The molecule has 2 heterocycles. The van der Waals surface area contributed by atoms with Crippen molar-refractivity contribution in [3.63, 3.8) is 0 Å². The van der Waals surface area contributed by atoms with E-state index in [0.29, 0.717) is 6.04 Å². The third kappa shape index (κ3) is 4.82. The molecule has 0 amide bonds. The normalized spacial score (nSPS) is 11.6. The van der Waals surface area contributed by atoms with Crippen molar-refractivity contribution in [2.75, 3.05) is 7.05 Å². The van der Waals surface area contributed by atoms with Gasteiger partial charge in [0, 0.05) is 41.0 Å². The quantitative estimate of drug-likeness (QED) is 0.840. The SMILES string of the molecule is CC(C)NCc1ccc(CN(C)Cc2ccoc2)s1. The second-order valence-corrected chi connectivity index (χ2v) is 6.46. The summed E-state index contributed by atoms with van der Waals surface area (Å²) in [6.07, 6.45) is 3.53. The molecular formula is C15H22N2OS. The van der Waals surface area contributed by atoms with E-state index in [9.17, 15) is 0 Å². The Labute approximate surface area is 119 Å². The van der Waals surface area contributed by atoms with Gasteiger partial charge in [-0.1, -0.05) is 13.8 Å². The van der Waals surface area contributed by atoms with Crippen molar-refractivity contribution in [1.29, 1.82) is 0 Å². The van der Waals surface area contributed by atoms with Crippen molar-refractivity contribution in [3.8, 4) is 0 Å². The third-order valence-corrected chi connectivity index (χ3v) is 3.93. The lowest BCUT2D eigenvalue weighted by Gasteiger charge is -2.14. The molecule has 0 spiro atoms. The fraction of sp³-hybridized carbons (Fsp3) is 0.467. The van der Waals surface area contributed by atoms with Crippen LogP contribution in [0.3, 0.4) is 0 Å². The molecule has 19 heavy (non-hydrogen) atoms. The van der Waals surface area contributed by atoms with Gasteiger partial charge in [-0.25, -0.2) is 0 Å². The molecule has 0 aliphatic rings. The maximum atomic E-state index is 5.09. The molecule has 2 aromatic heterocycles. The minimum absolute atomic E-state index is 0.536. The molecular weight excluding hydrogens is 256 g/mol. The Morgan fingerprint density at radius 2 is 2.00 bits per heavy atom. The van der Waals surface area contributed by atoms with Gasteiger partial charge in [-0.2, -0.15) is 0 Å². The first-order chi connectivity index (χ1) is 9.13. The van der Waals surface area contributed by atoms with E-state index in [4.69, 9.17) is 4.42 Å². The van der Waals surface area contributed by atoms with E-state index in [1.54, 1.807) is 6.26 Å². The number of rotatable bonds is 7. The molecule has 0 aliphatic carbocycles. The van der Waals surface area contributed by atoms with Crippen LogP contribution in [0.15, 0.2) is 35.1 Å². The van der Waals surface area contributed by atoms with Crippen LogP contribution < -0.4 is 5.32 Å². The Morgan fingerprint density at radius 3 is 2.68 bits per heavy atom. The van der Waals surface area contributed by atoms with Crippen molar-refractivity contribution in [3.05, 3.63) is 46.0 Å². The van der Waals surface area contributed by atoms with Crippen LogP contribution in [-0.2, 0) is 19.6 Å². The van der Waals surface area contributed by atoms with Crippen LogP contribution in [0, 0.1) is 0 Å². The predicted molar refractivity (Wildman–Crippen MR) is 80.2 cm³/mol. The Bertz CT molecular complexity index is 476. The number of furan rings is 1. The molecule has 0 fully saturated rings. The van der Waals surface area contributed by atoms with Crippen molar-refractivity contribution in [1.82, 2.24) is 10.2 Å². The summed E-state index contributed by atoms with van der Waals surface area (Å²) in [7, 11) is 2.14. The molecule has 0 saturated carbocycles. The van der Waals surface area contributed by atoms with Gasteiger partial charge in [0.25, 0.3) is 0 Å². The predicted octanol–water partition coefficient (Wildman–Crippen LogP) is 3.47. The minimum atomic E-state index is 0.536. The fourth-order valence-electron chi connectivity index (χ4n) is 1.92. The standard InChI is InChI=1S/C15H22N2OS/c1-12(2)16-8-14-4-5-15(19-14)10-17(3)9-13-6-7-18-11-13/h4-7,11-12,16H,8-10H2,1-3H3. The molecule has 1 N–H and O–H groups in total. The largest absolute Gasteiger partial charge is 0.472 e. The maximum Gasteiger partial charge on any atom is 0.0947 e. The molecule has 0 aliphatic heterocycles. The highest BCUT2D eigenvalue weighted by Crippen LogP contribution is 2.18. The zero-order valence-electron chi connectivity index (χ0n) is 11.8. The van der Waals surface area contributed by atoms with E-state index >= 15 is 0 Å². The molecule has 3 nitrogen and oxygen atoms in total. The summed E-state index contributed by atoms with van der Waals surface area (Å²) in [5.74, 6) is 0. The number of nitrogens with one attached hydrogen (secondary N) is 1. The van der Waals surface area contributed by atoms with Crippen LogP contribution in [-0.4, -0.2) is 18.0 Å². The molecule has 4 heteroatoms. The van der Waals surface area contributed by atoms with Crippen LogP contribution in [0.25, 0.3) is 0 Å². The average molecular weight is 278 g/mol. The van der Waals surface area contributed by atoms with Gasteiger partial charge in [0.15, 0.2) is 0 Å². The van der Waals surface area contributed by atoms with Gasteiger partial charge < -0.3 is 9.73 Å². The number of nitrogens with zero attached hydrogens (tertiary/aromatic N) is 1. The molecule has 0 bridgehead atoms. The van der Waals surface area contributed by atoms with E-state index in [2.05, 4.69) is 43.2 Å².